The van der Waals surface area contributed by atoms with Gasteiger partial charge < -0.3 is 9.47 Å². The van der Waals surface area contributed by atoms with Gasteiger partial charge in [-0.05, 0) is 31.2 Å². The molecule has 0 spiro atoms. The molecule has 2 aromatic carbocycles. The predicted molar refractivity (Wildman–Crippen MR) is 136 cm³/mol. The van der Waals surface area contributed by atoms with Crippen molar-refractivity contribution in [3.8, 4) is 5.75 Å². The molecule has 0 aliphatic carbocycles. The van der Waals surface area contributed by atoms with Gasteiger partial charge in [-0.2, -0.15) is 9.78 Å². The second-order valence-electron chi connectivity index (χ2n) is 8.59. The molecule has 0 fully saturated rings. The number of benzene rings is 2. The third kappa shape index (κ3) is 5.68. The number of nitro groups is 1. The Hall–Kier alpha value is -3.31. The molecule has 0 aliphatic heterocycles. The highest BCUT2D eigenvalue weighted by Gasteiger charge is 2.26. The van der Waals surface area contributed by atoms with Crippen molar-refractivity contribution in [2.24, 2.45) is 5.10 Å². The standard InChI is InChI=1S/C23H22BrClN4O6/c1-12(21(31)34-5)35-19-13(8-15(25)10-18(19)29(32)33)11-26-28-20(30)16-9-14(24)6-7-17(16)27-22(28)23(2,3)4/h6-12H,1-5H3/t12-/m1/s1. The van der Waals surface area contributed by atoms with Crippen LogP contribution in [0.5, 0.6) is 5.75 Å². The van der Waals surface area contributed by atoms with Crippen LogP contribution in [-0.4, -0.2) is 40.0 Å². The Bertz CT molecular complexity index is 1410. The Morgan fingerprint density at radius 3 is 2.60 bits per heavy atom. The summed E-state index contributed by atoms with van der Waals surface area (Å²) >= 11 is 9.46. The highest BCUT2D eigenvalue weighted by Crippen LogP contribution is 2.34. The van der Waals surface area contributed by atoms with Crippen molar-refractivity contribution in [2.45, 2.75) is 39.2 Å². The Morgan fingerprint density at radius 1 is 1.31 bits per heavy atom. The normalized spacial score (nSPS) is 12.7. The topological polar surface area (TPSA) is 126 Å². The fourth-order valence-corrected chi connectivity index (χ4v) is 3.79. The van der Waals surface area contributed by atoms with Crippen LogP contribution in [0.4, 0.5) is 5.69 Å². The number of methoxy groups -OCH3 is 1. The minimum atomic E-state index is -1.15. The van der Waals surface area contributed by atoms with Gasteiger partial charge in [-0.3, -0.25) is 14.9 Å². The maximum Gasteiger partial charge on any atom is 0.346 e. The van der Waals surface area contributed by atoms with E-state index in [0.717, 1.165) is 10.7 Å². The molecule has 0 saturated carbocycles. The SMILES string of the molecule is COC(=O)[C@@H](C)Oc1c(C=Nn2c(C(C)(C)C)nc3ccc(Br)cc3c2=O)cc(Cl)cc1[N+](=O)[O-]. The molecule has 1 aromatic heterocycles. The van der Waals surface area contributed by atoms with Crippen molar-refractivity contribution in [1.82, 2.24) is 9.66 Å². The number of esters is 1. The lowest BCUT2D eigenvalue weighted by molar-refractivity contribution is -0.386. The third-order valence-electron chi connectivity index (χ3n) is 4.88. The molecule has 0 saturated heterocycles. The lowest BCUT2D eigenvalue weighted by Crippen LogP contribution is -2.29. The maximum absolute atomic E-state index is 13.4. The van der Waals surface area contributed by atoms with E-state index in [0.29, 0.717) is 21.2 Å². The number of ether oxygens (including phenoxy) is 2. The molecule has 12 heteroatoms. The Kier molecular flexibility index (Phi) is 7.61. The van der Waals surface area contributed by atoms with Crippen molar-refractivity contribution in [3.63, 3.8) is 0 Å². The molecule has 0 unspecified atom stereocenters. The second kappa shape index (κ2) is 10.1. The molecule has 1 heterocycles. The van der Waals surface area contributed by atoms with E-state index in [1.54, 1.807) is 18.2 Å². The zero-order chi connectivity index (χ0) is 26.1. The molecule has 0 aliphatic rings. The van der Waals surface area contributed by atoms with Gasteiger partial charge >= 0.3 is 11.7 Å². The van der Waals surface area contributed by atoms with E-state index in [-0.39, 0.29) is 16.3 Å². The van der Waals surface area contributed by atoms with E-state index in [2.05, 4.69) is 30.8 Å². The zero-order valence-electron chi connectivity index (χ0n) is 19.5. The van der Waals surface area contributed by atoms with Crippen molar-refractivity contribution in [2.75, 3.05) is 7.11 Å². The smallest absolute Gasteiger partial charge is 0.346 e. The summed E-state index contributed by atoms with van der Waals surface area (Å²) in [5.74, 6) is -0.605. The number of hydrogen-bond acceptors (Lipinski definition) is 8. The largest absolute Gasteiger partial charge is 0.471 e. The Labute approximate surface area is 213 Å². The van der Waals surface area contributed by atoms with Crippen LogP contribution in [0.1, 0.15) is 39.1 Å². The third-order valence-corrected chi connectivity index (χ3v) is 5.59. The summed E-state index contributed by atoms with van der Waals surface area (Å²) in [5.41, 5.74) is -0.889. The van der Waals surface area contributed by atoms with Gasteiger partial charge in [-0.25, -0.2) is 9.78 Å². The van der Waals surface area contributed by atoms with Crippen LogP contribution < -0.4 is 10.3 Å². The number of carbonyl (C=O) groups excluding carboxylic acids is 1. The average Bonchev–Trinajstić information content (AvgIpc) is 2.78. The highest BCUT2D eigenvalue weighted by atomic mass is 79.9. The van der Waals surface area contributed by atoms with Gasteiger partial charge in [0.2, 0.25) is 5.75 Å². The monoisotopic (exact) mass is 564 g/mol. The fraction of sp³-hybridized carbons (Fsp3) is 0.304. The van der Waals surface area contributed by atoms with E-state index < -0.39 is 33.7 Å². The number of nitro benzene ring substituents is 1. The molecule has 0 bridgehead atoms. The maximum atomic E-state index is 13.4. The second-order valence-corrected chi connectivity index (χ2v) is 9.94. The first-order valence-corrected chi connectivity index (χ1v) is 11.5. The minimum absolute atomic E-state index is 0.0418. The molecule has 1 atom stereocenters. The van der Waals surface area contributed by atoms with Crippen LogP contribution in [0.15, 0.2) is 44.7 Å². The van der Waals surface area contributed by atoms with Crippen LogP contribution in [0.2, 0.25) is 5.02 Å². The van der Waals surface area contributed by atoms with Crippen LogP contribution in [0.3, 0.4) is 0 Å². The minimum Gasteiger partial charge on any atom is -0.471 e. The number of hydrogen-bond donors (Lipinski definition) is 0. The van der Waals surface area contributed by atoms with Crippen LogP contribution in [-0.2, 0) is 14.9 Å². The predicted octanol–water partition coefficient (Wildman–Crippen LogP) is 4.84. The van der Waals surface area contributed by atoms with Gasteiger partial charge in [0.25, 0.3) is 5.56 Å². The molecular formula is C23H22BrClN4O6. The molecule has 0 N–H and O–H groups in total. The summed E-state index contributed by atoms with van der Waals surface area (Å²) in [6.45, 7) is 7.02. The Morgan fingerprint density at radius 2 is 2.00 bits per heavy atom. The molecule has 10 nitrogen and oxygen atoms in total. The van der Waals surface area contributed by atoms with Crippen molar-refractivity contribution >= 4 is 56.3 Å². The van der Waals surface area contributed by atoms with Gasteiger partial charge in [0, 0.05) is 26.5 Å². The first-order valence-electron chi connectivity index (χ1n) is 10.3. The van der Waals surface area contributed by atoms with E-state index in [9.17, 15) is 19.7 Å². The number of carbonyl (C=O) groups is 1. The number of fused-ring (bicyclic) bond motifs is 1. The number of aromatic nitrogens is 2. The first-order chi connectivity index (χ1) is 16.3. The van der Waals surface area contributed by atoms with Crippen molar-refractivity contribution < 1.29 is 19.2 Å². The summed E-state index contributed by atoms with van der Waals surface area (Å²) in [6.07, 6.45) is 0.0555. The van der Waals surface area contributed by atoms with Crippen molar-refractivity contribution in [1.29, 1.82) is 0 Å². The van der Waals surface area contributed by atoms with Gasteiger partial charge in [0.05, 0.1) is 29.2 Å². The molecular weight excluding hydrogens is 544 g/mol. The van der Waals surface area contributed by atoms with Crippen LogP contribution in [0, 0.1) is 10.1 Å². The van der Waals surface area contributed by atoms with Gasteiger partial charge in [-0.15, -0.1) is 0 Å². The molecule has 0 radical (unpaired) electrons. The molecule has 184 valence electrons. The van der Waals surface area contributed by atoms with E-state index in [4.69, 9.17) is 16.3 Å². The zero-order valence-corrected chi connectivity index (χ0v) is 21.9. The summed E-state index contributed by atoms with van der Waals surface area (Å²) in [5, 5.41) is 16.4. The molecule has 3 aromatic rings. The molecule has 3 rings (SSSR count). The van der Waals surface area contributed by atoms with E-state index in [1.807, 2.05) is 20.8 Å². The average molecular weight is 566 g/mol. The summed E-state index contributed by atoms with van der Waals surface area (Å²) in [6, 6.07) is 7.63. The summed E-state index contributed by atoms with van der Waals surface area (Å²) in [7, 11) is 1.17. The lowest BCUT2D eigenvalue weighted by Gasteiger charge is -2.21. The Balaban J connectivity index is 2.25. The van der Waals surface area contributed by atoms with E-state index >= 15 is 0 Å². The van der Waals surface area contributed by atoms with Crippen molar-refractivity contribution in [3.05, 3.63) is 71.7 Å². The van der Waals surface area contributed by atoms with Gasteiger partial charge in [-0.1, -0.05) is 48.3 Å². The lowest BCUT2D eigenvalue weighted by atomic mass is 9.95. The summed E-state index contributed by atoms with van der Waals surface area (Å²) < 4.78 is 12.0. The first kappa shape index (κ1) is 26.3. The number of halogens is 2. The molecule has 35 heavy (non-hydrogen) atoms. The van der Waals surface area contributed by atoms with Crippen LogP contribution in [0.25, 0.3) is 10.9 Å². The summed E-state index contributed by atoms with van der Waals surface area (Å²) in [4.78, 5) is 40.9. The number of rotatable bonds is 6. The fourth-order valence-electron chi connectivity index (χ4n) is 3.21. The van der Waals surface area contributed by atoms with Crippen LogP contribution >= 0.6 is 27.5 Å². The van der Waals surface area contributed by atoms with E-state index in [1.165, 1.54) is 26.3 Å². The van der Waals surface area contributed by atoms with Gasteiger partial charge in [0.15, 0.2) is 6.10 Å². The quantitative estimate of drug-likeness (QED) is 0.181. The molecule has 0 amide bonds. The number of nitrogens with zero attached hydrogens (tertiary/aromatic N) is 4. The highest BCUT2D eigenvalue weighted by molar-refractivity contribution is 9.10. The van der Waals surface area contributed by atoms with Gasteiger partial charge in [0.1, 0.15) is 5.82 Å².